The third kappa shape index (κ3) is 3.71. The van der Waals surface area contributed by atoms with Crippen molar-refractivity contribution in [2.24, 2.45) is 5.73 Å². The summed E-state index contributed by atoms with van der Waals surface area (Å²) in [4.78, 5) is 0. The van der Waals surface area contributed by atoms with Crippen LogP contribution in [0.1, 0.15) is 18.0 Å². The molecule has 0 bridgehead atoms. The maximum absolute atomic E-state index is 8.55. The first-order valence-corrected chi connectivity index (χ1v) is 4.94. The predicted octanol–water partition coefficient (Wildman–Crippen LogP) is 2.79. The molecule has 0 heterocycles. The normalized spacial score (nSPS) is 11.1. The summed E-state index contributed by atoms with van der Waals surface area (Å²) in [5, 5.41) is 8.55. The van der Waals surface area contributed by atoms with E-state index in [1.165, 1.54) is 0 Å². The van der Waals surface area contributed by atoms with Crippen LogP contribution in [0.15, 0.2) is 22.7 Å². The number of hydrogen-bond acceptors (Lipinski definition) is 3. The van der Waals surface area contributed by atoms with Crippen LogP contribution in [0.4, 0.5) is 0 Å². The van der Waals surface area contributed by atoms with Crippen LogP contribution in [0.2, 0.25) is 0 Å². The summed E-state index contributed by atoms with van der Waals surface area (Å²) in [6, 6.07) is 7.32. The number of benzene rings is 1. The number of hydrogen-bond donors (Lipinski definition) is 1. The van der Waals surface area contributed by atoms with E-state index in [-0.39, 0.29) is 24.9 Å². The molecule has 0 unspecified atom stereocenters. The monoisotopic (exact) mass is 290 g/mol. The van der Waals surface area contributed by atoms with Crippen molar-refractivity contribution in [2.45, 2.75) is 12.5 Å². The van der Waals surface area contributed by atoms with Gasteiger partial charge in [0, 0.05) is 16.1 Å². The number of rotatable bonds is 3. The van der Waals surface area contributed by atoms with Crippen LogP contribution < -0.4 is 10.5 Å². The Morgan fingerprint density at radius 3 is 2.80 bits per heavy atom. The highest BCUT2D eigenvalue weighted by Gasteiger charge is 2.11. The molecular formula is C10H12BrClN2O. The lowest BCUT2D eigenvalue weighted by atomic mass is 10.0. The van der Waals surface area contributed by atoms with Crippen molar-refractivity contribution in [3.05, 3.63) is 28.2 Å². The molecule has 2 N–H and O–H groups in total. The van der Waals surface area contributed by atoms with E-state index < -0.39 is 0 Å². The van der Waals surface area contributed by atoms with Crippen molar-refractivity contribution in [3.8, 4) is 11.8 Å². The van der Waals surface area contributed by atoms with Crippen LogP contribution in [0.25, 0.3) is 0 Å². The van der Waals surface area contributed by atoms with E-state index in [0.29, 0.717) is 0 Å². The maximum atomic E-state index is 8.55. The molecule has 15 heavy (non-hydrogen) atoms. The Hall–Kier alpha value is -0.760. The minimum atomic E-state index is -0.299. The predicted molar refractivity (Wildman–Crippen MR) is 65.1 cm³/mol. The molecule has 0 spiro atoms. The fourth-order valence-electron chi connectivity index (χ4n) is 1.20. The van der Waals surface area contributed by atoms with Gasteiger partial charge in [0.05, 0.1) is 19.6 Å². The second-order valence-corrected chi connectivity index (χ2v) is 3.77. The molecule has 1 atom stereocenters. The van der Waals surface area contributed by atoms with Gasteiger partial charge in [0.25, 0.3) is 0 Å². The highest BCUT2D eigenvalue weighted by Crippen LogP contribution is 2.28. The molecule has 0 aliphatic carbocycles. The van der Waals surface area contributed by atoms with Crippen molar-refractivity contribution in [2.75, 3.05) is 7.11 Å². The number of nitriles is 1. The Balaban J connectivity index is 0.00000196. The van der Waals surface area contributed by atoms with Gasteiger partial charge in [0.15, 0.2) is 0 Å². The third-order valence-corrected chi connectivity index (χ3v) is 2.40. The number of ether oxygens (including phenoxy) is 1. The largest absolute Gasteiger partial charge is 0.496 e. The minimum absolute atomic E-state index is 0. The number of methoxy groups -OCH3 is 1. The van der Waals surface area contributed by atoms with Crippen LogP contribution in [0.5, 0.6) is 5.75 Å². The van der Waals surface area contributed by atoms with Crippen LogP contribution in [0, 0.1) is 11.3 Å². The average Bonchev–Trinajstić information content (AvgIpc) is 2.18. The topological polar surface area (TPSA) is 59.0 Å². The highest BCUT2D eigenvalue weighted by atomic mass is 79.9. The molecular weight excluding hydrogens is 279 g/mol. The molecule has 0 fully saturated rings. The molecule has 1 aromatic rings. The second kappa shape index (κ2) is 6.67. The lowest BCUT2D eigenvalue weighted by molar-refractivity contribution is 0.406. The molecule has 1 aromatic carbocycles. The van der Waals surface area contributed by atoms with Crippen LogP contribution in [-0.2, 0) is 0 Å². The molecule has 0 aliphatic rings. The maximum Gasteiger partial charge on any atom is 0.123 e. The number of nitrogens with zero attached hydrogens (tertiary/aromatic N) is 1. The fourth-order valence-corrected chi connectivity index (χ4v) is 1.58. The summed E-state index contributed by atoms with van der Waals surface area (Å²) in [6.07, 6.45) is 0.285. The van der Waals surface area contributed by atoms with Crippen molar-refractivity contribution in [1.82, 2.24) is 0 Å². The molecule has 82 valence electrons. The summed E-state index contributed by atoms with van der Waals surface area (Å²) >= 11 is 3.35. The van der Waals surface area contributed by atoms with Gasteiger partial charge in [-0.05, 0) is 18.2 Å². The second-order valence-electron chi connectivity index (χ2n) is 2.86. The van der Waals surface area contributed by atoms with Gasteiger partial charge in [0.1, 0.15) is 5.75 Å². The Morgan fingerprint density at radius 1 is 1.60 bits per heavy atom. The number of nitrogens with two attached hydrogens (primary N) is 1. The van der Waals surface area contributed by atoms with Gasteiger partial charge in [0.2, 0.25) is 0 Å². The molecule has 3 nitrogen and oxygen atoms in total. The molecule has 5 heteroatoms. The van der Waals surface area contributed by atoms with E-state index >= 15 is 0 Å². The van der Waals surface area contributed by atoms with Gasteiger partial charge in [-0.3, -0.25) is 0 Å². The first-order chi connectivity index (χ1) is 6.69. The van der Waals surface area contributed by atoms with Crippen LogP contribution >= 0.6 is 28.3 Å². The highest BCUT2D eigenvalue weighted by molar-refractivity contribution is 9.10. The Labute approximate surface area is 104 Å². The van der Waals surface area contributed by atoms with E-state index in [0.717, 1.165) is 15.8 Å². The quantitative estimate of drug-likeness (QED) is 0.931. The van der Waals surface area contributed by atoms with E-state index in [1.807, 2.05) is 24.3 Å². The molecule has 0 aliphatic heterocycles. The molecule has 0 amide bonds. The standard InChI is InChI=1S/C10H11BrN2O.ClH/c1-14-10-3-2-7(11)6-8(10)9(13)4-5-12;/h2-3,6,9H,4,13H2,1H3;1H/t9-;/m0./s1. The average molecular weight is 292 g/mol. The van der Waals surface area contributed by atoms with Gasteiger partial charge in [-0.15, -0.1) is 12.4 Å². The van der Waals surface area contributed by atoms with Crippen molar-refractivity contribution in [3.63, 3.8) is 0 Å². The summed E-state index contributed by atoms with van der Waals surface area (Å²) in [7, 11) is 1.59. The van der Waals surface area contributed by atoms with E-state index in [9.17, 15) is 0 Å². The third-order valence-electron chi connectivity index (χ3n) is 1.90. The summed E-state index contributed by atoms with van der Waals surface area (Å²) < 4.78 is 6.09. The zero-order chi connectivity index (χ0) is 10.6. The fraction of sp³-hybridized carbons (Fsp3) is 0.300. The first-order valence-electron chi connectivity index (χ1n) is 4.15. The van der Waals surface area contributed by atoms with Crippen molar-refractivity contribution >= 4 is 28.3 Å². The van der Waals surface area contributed by atoms with Gasteiger partial charge < -0.3 is 10.5 Å². The molecule has 0 aromatic heterocycles. The SMILES string of the molecule is COc1ccc(Br)cc1[C@@H](N)CC#N.Cl. The number of halogens is 2. The van der Waals surface area contributed by atoms with Gasteiger partial charge in [-0.1, -0.05) is 15.9 Å². The van der Waals surface area contributed by atoms with Crippen molar-refractivity contribution in [1.29, 1.82) is 5.26 Å². The van der Waals surface area contributed by atoms with Crippen LogP contribution in [0.3, 0.4) is 0 Å². The van der Waals surface area contributed by atoms with E-state index in [2.05, 4.69) is 15.9 Å². The summed E-state index contributed by atoms with van der Waals surface area (Å²) in [5.74, 6) is 0.718. The smallest absolute Gasteiger partial charge is 0.123 e. The van der Waals surface area contributed by atoms with Crippen molar-refractivity contribution < 1.29 is 4.74 Å². The zero-order valence-corrected chi connectivity index (χ0v) is 10.6. The summed E-state index contributed by atoms with van der Waals surface area (Å²) in [6.45, 7) is 0. The molecule has 0 saturated carbocycles. The zero-order valence-electron chi connectivity index (χ0n) is 8.24. The van der Waals surface area contributed by atoms with E-state index in [1.54, 1.807) is 7.11 Å². The van der Waals surface area contributed by atoms with Gasteiger partial charge in [-0.25, -0.2) is 0 Å². The van der Waals surface area contributed by atoms with E-state index in [4.69, 9.17) is 15.7 Å². The summed E-state index contributed by atoms with van der Waals surface area (Å²) in [5.41, 5.74) is 6.68. The lowest BCUT2D eigenvalue weighted by Crippen LogP contribution is -2.10. The molecule has 0 saturated heterocycles. The Morgan fingerprint density at radius 2 is 2.27 bits per heavy atom. The van der Waals surface area contributed by atoms with Crippen LogP contribution in [-0.4, -0.2) is 7.11 Å². The Kier molecular flexibility index (Phi) is 6.34. The van der Waals surface area contributed by atoms with Gasteiger partial charge >= 0.3 is 0 Å². The lowest BCUT2D eigenvalue weighted by Gasteiger charge is -2.13. The van der Waals surface area contributed by atoms with Gasteiger partial charge in [-0.2, -0.15) is 5.26 Å². The minimum Gasteiger partial charge on any atom is -0.496 e. The molecule has 0 radical (unpaired) electrons. The molecule has 1 rings (SSSR count). The Bertz CT molecular complexity index is 365. The first kappa shape index (κ1) is 14.2.